The van der Waals surface area contributed by atoms with Crippen LogP contribution >= 0.6 is 0 Å². The molecule has 0 saturated carbocycles. The van der Waals surface area contributed by atoms with Gasteiger partial charge in [0.25, 0.3) is 0 Å². The van der Waals surface area contributed by atoms with E-state index in [1.165, 1.54) is 34.0 Å². The first-order valence-electron chi connectivity index (χ1n) is 13.2. The smallest absolute Gasteiger partial charge is 0.247 e. The third kappa shape index (κ3) is 7.82. The SMILES string of the molecule is COc1ccc(-c2nnn(CC(=O)N(CCN3CCOCC3)[C@@H](C(=O)NC(C)(C)C)c3ccc(F)cc3)n2)cc1. The Kier molecular flexibility index (Phi) is 9.43. The fourth-order valence-electron chi connectivity index (χ4n) is 4.41. The van der Waals surface area contributed by atoms with Gasteiger partial charge in [0.05, 0.1) is 20.3 Å². The van der Waals surface area contributed by atoms with Gasteiger partial charge in [-0.1, -0.05) is 12.1 Å². The lowest BCUT2D eigenvalue weighted by Crippen LogP contribution is -2.52. The minimum atomic E-state index is -0.988. The van der Waals surface area contributed by atoms with Gasteiger partial charge in [-0.05, 0) is 67.9 Å². The summed E-state index contributed by atoms with van der Waals surface area (Å²) < 4.78 is 24.5. The van der Waals surface area contributed by atoms with Crippen LogP contribution in [0.15, 0.2) is 48.5 Å². The van der Waals surface area contributed by atoms with Crippen molar-refractivity contribution < 1.29 is 23.5 Å². The predicted molar refractivity (Wildman–Crippen MR) is 146 cm³/mol. The number of hydrogen-bond donors (Lipinski definition) is 1. The molecule has 1 atom stereocenters. The van der Waals surface area contributed by atoms with Crippen molar-refractivity contribution in [2.45, 2.75) is 38.9 Å². The number of morpholine rings is 1. The van der Waals surface area contributed by atoms with Crippen LogP contribution in [0, 0.1) is 5.82 Å². The third-order valence-corrected chi connectivity index (χ3v) is 6.40. The van der Waals surface area contributed by atoms with Crippen LogP contribution < -0.4 is 10.1 Å². The van der Waals surface area contributed by atoms with Crippen LogP contribution in [-0.4, -0.2) is 93.9 Å². The highest BCUT2D eigenvalue weighted by molar-refractivity contribution is 5.89. The maximum atomic E-state index is 13.8. The van der Waals surface area contributed by atoms with Crippen molar-refractivity contribution in [2.24, 2.45) is 0 Å². The van der Waals surface area contributed by atoms with Crippen molar-refractivity contribution in [3.8, 4) is 17.1 Å². The van der Waals surface area contributed by atoms with Gasteiger partial charge in [0.1, 0.15) is 24.2 Å². The lowest BCUT2D eigenvalue weighted by atomic mass is 10.0. The molecule has 2 aromatic carbocycles. The number of nitrogens with one attached hydrogen (secondary N) is 1. The highest BCUT2D eigenvalue weighted by atomic mass is 19.1. The molecule has 1 aliphatic heterocycles. The molecule has 1 aliphatic rings. The second kappa shape index (κ2) is 13.0. The van der Waals surface area contributed by atoms with Crippen LogP contribution in [0.3, 0.4) is 0 Å². The summed E-state index contributed by atoms with van der Waals surface area (Å²) in [6.07, 6.45) is 0. The molecule has 2 heterocycles. The summed E-state index contributed by atoms with van der Waals surface area (Å²) in [4.78, 5) is 32.4. The molecule has 1 saturated heterocycles. The summed E-state index contributed by atoms with van der Waals surface area (Å²) in [5.74, 6) is -0.105. The molecule has 2 amide bonds. The van der Waals surface area contributed by atoms with Gasteiger partial charge in [-0.25, -0.2) is 4.39 Å². The largest absolute Gasteiger partial charge is 0.497 e. The first-order chi connectivity index (χ1) is 19.1. The fraction of sp³-hybridized carbons (Fsp3) is 0.464. The van der Waals surface area contributed by atoms with Crippen LogP contribution in [-0.2, 0) is 20.9 Å². The Morgan fingerprint density at radius 3 is 2.40 bits per heavy atom. The van der Waals surface area contributed by atoms with Crippen molar-refractivity contribution in [2.75, 3.05) is 46.5 Å². The summed E-state index contributed by atoms with van der Waals surface area (Å²) in [7, 11) is 1.58. The molecule has 0 radical (unpaired) electrons. The maximum absolute atomic E-state index is 13.8. The summed E-state index contributed by atoms with van der Waals surface area (Å²) in [5.41, 5.74) is 0.677. The number of carbonyl (C=O) groups is 2. The standard InChI is InChI=1S/C28H36FN7O4/c1-28(2,3)30-27(38)25(20-5-9-22(29)10-6-20)35(14-13-34-15-17-40-18-16-34)24(37)19-36-32-26(31-33-36)21-7-11-23(39-4)12-8-21/h5-12,25H,13-19H2,1-4H3,(H,30,38)/t25-/m1/s1. The number of rotatable bonds is 10. The average molecular weight is 554 g/mol. The highest BCUT2D eigenvalue weighted by Crippen LogP contribution is 2.24. The van der Waals surface area contributed by atoms with Crippen molar-refractivity contribution in [3.63, 3.8) is 0 Å². The minimum Gasteiger partial charge on any atom is -0.497 e. The number of halogens is 1. The Labute approximate surface area is 233 Å². The Morgan fingerprint density at radius 1 is 1.10 bits per heavy atom. The number of tetrazole rings is 1. The summed E-state index contributed by atoms with van der Waals surface area (Å²) in [6.45, 7) is 8.85. The summed E-state index contributed by atoms with van der Waals surface area (Å²) >= 11 is 0. The van der Waals surface area contributed by atoms with E-state index < -0.39 is 17.4 Å². The van der Waals surface area contributed by atoms with Gasteiger partial charge in [0.15, 0.2) is 0 Å². The Morgan fingerprint density at radius 2 is 1.77 bits per heavy atom. The van der Waals surface area contributed by atoms with E-state index in [1.54, 1.807) is 31.4 Å². The van der Waals surface area contributed by atoms with Gasteiger partial charge in [-0.15, -0.1) is 10.2 Å². The number of benzene rings is 2. The molecule has 1 aromatic heterocycles. The van der Waals surface area contributed by atoms with Crippen LogP contribution in [0.4, 0.5) is 4.39 Å². The molecular weight excluding hydrogens is 517 g/mol. The van der Waals surface area contributed by atoms with E-state index in [2.05, 4.69) is 25.6 Å². The molecule has 11 nitrogen and oxygen atoms in total. The zero-order chi connectivity index (χ0) is 28.7. The van der Waals surface area contributed by atoms with Crippen molar-refractivity contribution in [1.29, 1.82) is 0 Å². The summed E-state index contributed by atoms with van der Waals surface area (Å²) in [5, 5.41) is 15.5. The van der Waals surface area contributed by atoms with Crippen LogP contribution in [0.1, 0.15) is 32.4 Å². The molecule has 0 unspecified atom stereocenters. The number of carbonyl (C=O) groups excluding carboxylic acids is 2. The first kappa shape index (κ1) is 29.1. The third-order valence-electron chi connectivity index (χ3n) is 6.40. The molecule has 40 heavy (non-hydrogen) atoms. The Balaban J connectivity index is 1.61. The second-order valence-electron chi connectivity index (χ2n) is 10.6. The Hall–Kier alpha value is -3.90. The molecule has 0 bridgehead atoms. The molecule has 1 N–H and O–H groups in total. The van der Waals surface area contributed by atoms with E-state index in [1.807, 2.05) is 20.8 Å². The van der Waals surface area contributed by atoms with Crippen LogP contribution in [0.25, 0.3) is 11.4 Å². The molecule has 0 spiro atoms. The lowest BCUT2D eigenvalue weighted by Gasteiger charge is -2.35. The number of aromatic nitrogens is 4. The molecule has 12 heteroatoms. The molecule has 214 valence electrons. The first-order valence-corrected chi connectivity index (χ1v) is 13.2. The zero-order valence-corrected chi connectivity index (χ0v) is 23.3. The molecule has 3 aromatic rings. The molecular formula is C28H36FN7O4. The lowest BCUT2D eigenvalue weighted by molar-refractivity contribution is -0.142. The number of nitrogens with zero attached hydrogens (tertiary/aromatic N) is 6. The van der Waals surface area contributed by atoms with Gasteiger partial charge in [0.2, 0.25) is 17.6 Å². The van der Waals surface area contributed by atoms with Crippen LogP contribution in [0.2, 0.25) is 0 Å². The molecule has 1 fully saturated rings. The van der Waals surface area contributed by atoms with Crippen molar-refractivity contribution in [3.05, 3.63) is 59.9 Å². The van der Waals surface area contributed by atoms with E-state index in [-0.39, 0.29) is 24.9 Å². The average Bonchev–Trinajstić information content (AvgIpc) is 3.39. The summed E-state index contributed by atoms with van der Waals surface area (Å²) in [6, 6.07) is 11.8. The van der Waals surface area contributed by atoms with Gasteiger partial charge < -0.3 is 19.7 Å². The van der Waals surface area contributed by atoms with Gasteiger partial charge in [0, 0.05) is 37.3 Å². The number of ether oxygens (including phenoxy) is 2. The Bertz CT molecular complexity index is 1270. The normalized spacial score (nSPS) is 14.9. The van der Waals surface area contributed by atoms with Gasteiger partial charge >= 0.3 is 0 Å². The van der Waals surface area contributed by atoms with E-state index in [0.29, 0.717) is 36.9 Å². The predicted octanol–water partition coefficient (Wildman–Crippen LogP) is 2.30. The molecule has 0 aliphatic carbocycles. The van der Waals surface area contributed by atoms with E-state index in [0.717, 1.165) is 18.7 Å². The van der Waals surface area contributed by atoms with E-state index in [4.69, 9.17) is 9.47 Å². The minimum absolute atomic E-state index is 0.229. The monoisotopic (exact) mass is 553 g/mol. The maximum Gasteiger partial charge on any atom is 0.247 e. The second-order valence-corrected chi connectivity index (χ2v) is 10.6. The zero-order valence-electron chi connectivity index (χ0n) is 23.3. The van der Waals surface area contributed by atoms with Gasteiger partial charge in [-0.2, -0.15) is 4.80 Å². The van der Waals surface area contributed by atoms with E-state index >= 15 is 0 Å². The van der Waals surface area contributed by atoms with Crippen molar-refractivity contribution in [1.82, 2.24) is 35.3 Å². The number of methoxy groups -OCH3 is 1. The number of amides is 2. The highest BCUT2D eigenvalue weighted by Gasteiger charge is 2.34. The number of hydrogen-bond acceptors (Lipinski definition) is 8. The molecule has 4 rings (SSSR count). The van der Waals surface area contributed by atoms with Crippen molar-refractivity contribution >= 4 is 11.8 Å². The van der Waals surface area contributed by atoms with Crippen LogP contribution in [0.5, 0.6) is 5.75 Å². The quantitative estimate of drug-likeness (QED) is 0.407. The fourth-order valence-corrected chi connectivity index (χ4v) is 4.41. The van der Waals surface area contributed by atoms with E-state index in [9.17, 15) is 14.0 Å². The van der Waals surface area contributed by atoms with Gasteiger partial charge in [-0.3, -0.25) is 14.5 Å². The topological polar surface area (TPSA) is 115 Å².